The number of nitrogens with one attached hydrogen (secondary N) is 2. The smallest absolute Gasteiger partial charge is 0.228 e. The molecule has 0 unspecified atom stereocenters. The van der Waals surface area contributed by atoms with Gasteiger partial charge in [-0.05, 0) is 41.8 Å². The Morgan fingerprint density at radius 1 is 1.15 bits per heavy atom. The number of carbonyl (C=O) groups is 1. The van der Waals surface area contributed by atoms with Crippen LogP contribution in [0.15, 0.2) is 67.3 Å². The van der Waals surface area contributed by atoms with Crippen LogP contribution in [0.5, 0.6) is 0 Å². The van der Waals surface area contributed by atoms with Gasteiger partial charge >= 0.3 is 0 Å². The maximum atomic E-state index is 12.4. The first-order valence-electron chi connectivity index (χ1n) is 8.42. The molecule has 26 heavy (non-hydrogen) atoms. The van der Waals surface area contributed by atoms with Crippen LogP contribution in [0.25, 0.3) is 22.2 Å². The van der Waals surface area contributed by atoms with E-state index in [0.717, 1.165) is 27.7 Å². The molecule has 0 aliphatic rings. The second-order valence-electron chi connectivity index (χ2n) is 6.22. The SMILES string of the molecule is Cc1ccccc1-c1cnc2[nH]cc(CC(=O)Nc3cccnc3)c2c1. The molecule has 0 fully saturated rings. The molecule has 0 radical (unpaired) electrons. The molecule has 0 aliphatic carbocycles. The van der Waals surface area contributed by atoms with Gasteiger partial charge in [0.15, 0.2) is 0 Å². The molecule has 0 bridgehead atoms. The topological polar surface area (TPSA) is 70.7 Å². The van der Waals surface area contributed by atoms with Crippen molar-refractivity contribution >= 4 is 22.6 Å². The monoisotopic (exact) mass is 342 g/mol. The number of hydrogen-bond donors (Lipinski definition) is 2. The number of aryl methyl sites for hydroxylation is 1. The Bertz CT molecular complexity index is 1070. The Labute approximate surface area is 151 Å². The minimum Gasteiger partial charge on any atom is -0.346 e. The maximum Gasteiger partial charge on any atom is 0.228 e. The highest BCUT2D eigenvalue weighted by atomic mass is 16.1. The minimum absolute atomic E-state index is 0.0832. The normalized spacial score (nSPS) is 10.8. The molecule has 3 heterocycles. The fraction of sp³-hybridized carbons (Fsp3) is 0.0952. The summed E-state index contributed by atoms with van der Waals surface area (Å²) in [4.78, 5) is 24.0. The first-order valence-corrected chi connectivity index (χ1v) is 8.42. The van der Waals surface area contributed by atoms with Crippen molar-refractivity contribution in [3.63, 3.8) is 0 Å². The third-order valence-corrected chi connectivity index (χ3v) is 4.37. The van der Waals surface area contributed by atoms with E-state index in [0.29, 0.717) is 5.69 Å². The largest absolute Gasteiger partial charge is 0.346 e. The Kier molecular flexibility index (Phi) is 4.19. The molecule has 0 spiro atoms. The Morgan fingerprint density at radius 2 is 2.04 bits per heavy atom. The molecule has 0 aliphatic heterocycles. The number of benzene rings is 1. The predicted molar refractivity (Wildman–Crippen MR) is 103 cm³/mol. The standard InChI is InChI=1S/C21H18N4O/c1-14-5-2-3-7-18(14)15-9-19-16(12-24-21(19)23-11-15)10-20(26)25-17-6-4-8-22-13-17/h2-9,11-13H,10H2,1H3,(H,23,24)(H,25,26). The Balaban J connectivity index is 1.63. The number of H-pyrrole nitrogens is 1. The van der Waals surface area contributed by atoms with E-state index in [-0.39, 0.29) is 12.3 Å². The highest BCUT2D eigenvalue weighted by Crippen LogP contribution is 2.27. The number of rotatable bonds is 4. The molecule has 5 heteroatoms. The van der Waals surface area contributed by atoms with Gasteiger partial charge in [0.25, 0.3) is 0 Å². The van der Waals surface area contributed by atoms with E-state index in [9.17, 15) is 4.79 Å². The third kappa shape index (κ3) is 3.19. The van der Waals surface area contributed by atoms with E-state index in [1.807, 2.05) is 30.6 Å². The molecular formula is C21H18N4O. The number of carbonyl (C=O) groups excluding carboxylic acids is 1. The van der Waals surface area contributed by atoms with Crippen LogP contribution in [0.4, 0.5) is 5.69 Å². The number of anilines is 1. The van der Waals surface area contributed by atoms with Crippen molar-refractivity contribution in [3.8, 4) is 11.1 Å². The van der Waals surface area contributed by atoms with E-state index in [1.54, 1.807) is 18.5 Å². The zero-order valence-corrected chi connectivity index (χ0v) is 14.4. The summed E-state index contributed by atoms with van der Waals surface area (Å²) in [6.45, 7) is 2.08. The number of fused-ring (bicyclic) bond motifs is 1. The number of hydrogen-bond acceptors (Lipinski definition) is 3. The lowest BCUT2D eigenvalue weighted by Crippen LogP contribution is -2.14. The fourth-order valence-electron chi connectivity index (χ4n) is 3.06. The summed E-state index contributed by atoms with van der Waals surface area (Å²) in [6, 6.07) is 13.9. The summed E-state index contributed by atoms with van der Waals surface area (Å²) in [5, 5.41) is 3.83. The Morgan fingerprint density at radius 3 is 2.85 bits per heavy atom. The average Bonchev–Trinajstić information content (AvgIpc) is 3.05. The van der Waals surface area contributed by atoms with Crippen LogP contribution >= 0.6 is 0 Å². The highest BCUT2D eigenvalue weighted by molar-refractivity contribution is 5.95. The molecule has 4 aromatic rings. The van der Waals surface area contributed by atoms with Gasteiger partial charge < -0.3 is 10.3 Å². The molecule has 4 rings (SSSR count). The first-order chi connectivity index (χ1) is 12.7. The molecule has 1 amide bonds. The number of pyridine rings is 2. The van der Waals surface area contributed by atoms with Crippen molar-refractivity contribution in [1.82, 2.24) is 15.0 Å². The lowest BCUT2D eigenvalue weighted by molar-refractivity contribution is -0.115. The number of aromatic nitrogens is 3. The van der Waals surface area contributed by atoms with Gasteiger partial charge in [0, 0.05) is 29.5 Å². The van der Waals surface area contributed by atoms with Gasteiger partial charge in [-0.1, -0.05) is 24.3 Å². The third-order valence-electron chi connectivity index (χ3n) is 4.37. The number of amides is 1. The van der Waals surface area contributed by atoms with Crippen molar-refractivity contribution in [2.75, 3.05) is 5.32 Å². The zero-order valence-electron chi connectivity index (χ0n) is 14.4. The lowest BCUT2D eigenvalue weighted by atomic mass is 10.0. The van der Waals surface area contributed by atoms with E-state index >= 15 is 0 Å². The Hall–Kier alpha value is -3.47. The van der Waals surface area contributed by atoms with E-state index < -0.39 is 0 Å². The van der Waals surface area contributed by atoms with Gasteiger partial charge in [-0.2, -0.15) is 0 Å². The number of nitrogens with zero attached hydrogens (tertiary/aromatic N) is 2. The summed E-state index contributed by atoms with van der Waals surface area (Å²) in [7, 11) is 0. The van der Waals surface area contributed by atoms with Crippen molar-refractivity contribution in [1.29, 1.82) is 0 Å². The van der Waals surface area contributed by atoms with Crippen molar-refractivity contribution < 1.29 is 4.79 Å². The maximum absolute atomic E-state index is 12.4. The fourth-order valence-corrected chi connectivity index (χ4v) is 3.06. The van der Waals surface area contributed by atoms with Crippen LogP contribution in [-0.4, -0.2) is 20.9 Å². The van der Waals surface area contributed by atoms with Crippen LogP contribution in [0.3, 0.4) is 0 Å². The molecule has 0 saturated carbocycles. The van der Waals surface area contributed by atoms with Crippen LogP contribution in [-0.2, 0) is 11.2 Å². The van der Waals surface area contributed by atoms with Crippen molar-refractivity contribution in [2.45, 2.75) is 13.3 Å². The summed E-state index contributed by atoms with van der Waals surface area (Å²) >= 11 is 0. The summed E-state index contributed by atoms with van der Waals surface area (Å²) in [5.41, 5.74) is 5.78. The van der Waals surface area contributed by atoms with E-state index in [4.69, 9.17) is 0 Å². The molecule has 2 N–H and O–H groups in total. The lowest BCUT2D eigenvalue weighted by Gasteiger charge is -2.07. The molecule has 3 aromatic heterocycles. The van der Waals surface area contributed by atoms with Crippen LogP contribution in [0.2, 0.25) is 0 Å². The minimum atomic E-state index is -0.0832. The summed E-state index contributed by atoms with van der Waals surface area (Å²) in [5.74, 6) is -0.0832. The van der Waals surface area contributed by atoms with Crippen molar-refractivity contribution in [2.24, 2.45) is 0 Å². The molecule has 0 saturated heterocycles. The van der Waals surface area contributed by atoms with Gasteiger partial charge in [0.1, 0.15) is 5.65 Å². The summed E-state index contributed by atoms with van der Waals surface area (Å²) < 4.78 is 0. The van der Waals surface area contributed by atoms with Gasteiger partial charge in [0.05, 0.1) is 18.3 Å². The first kappa shape index (κ1) is 16.0. The summed E-state index contributed by atoms with van der Waals surface area (Å²) in [6.07, 6.45) is 7.29. The zero-order chi connectivity index (χ0) is 17.9. The quantitative estimate of drug-likeness (QED) is 0.586. The molecule has 128 valence electrons. The molecule has 0 atom stereocenters. The predicted octanol–water partition coefficient (Wildman–Crippen LogP) is 4.11. The second kappa shape index (κ2) is 6.80. The van der Waals surface area contributed by atoms with Gasteiger partial charge in [-0.3, -0.25) is 9.78 Å². The van der Waals surface area contributed by atoms with E-state index in [2.05, 4.69) is 45.4 Å². The number of aromatic amines is 1. The average molecular weight is 342 g/mol. The van der Waals surface area contributed by atoms with E-state index in [1.165, 1.54) is 5.56 Å². The highest BCUT2D eigenvalue weighted by Gasteiger charge is 2.12. The van der Waals surface area contributed by atoms with Crippen LogP contribution in [0, 0.1) is 6.92 Å². The van der Waals surface area contributed by atoms with Crippen molar-refractivity contribution in [3.05, 3.63) is 78.4 Å². The molecular weight excluding hydrogens is 324 g/mol. The van der Waals surface area contributed by atoms with Gasteiger partial charge in [0.2, 0.25) is 5.91 Å². The molecule has 1 aromatic carbocycles. The van der Waals surface area contributed by atoms with Gasteiger partial charge in [-0.15, -0.1) is 0 Å². The second-order valence-corrected chi connectivity index (χ2v) is 6.22. The molecule has 5 nitrogen and oxygen atoms in total. The van der Waals surface area contributed by atoms with Crippen LogP contribution in [0.1, 0.15) is 11.1 Å². The van der Waals surface area contributed by atoms with Gasteiger partial charge in [-0.25, -0.2) is 4.98 Å². The van der Waals surface area contributed by atoms with Crippen LogP contribution < -0.4 is 5.32 Å².